The van der Waals surface area contributed by atoms with Gasteiger partial charge >= 0.3 is 160 Å². The van der Waals surface area contributed by atoms with E-state index in [4.69, 9.17) is 0 Å². The molecular weight excluding hydrogens is 385 g/mol. The van der Waals surface area contributed by atoms with Crippen LogP contribution in [0.25, 0.3) is 11.3 Å². The molecule has 26 heavy (non-hydrogen) atoms. The van der Waals surface area contributed by atoms with Gasteiger partial charge in [-0.15, -0.1) is 0 Å². The van der Waals surface area contributed by atoms with E-state index < -0.39 is 0 Å². The molecule has 1 aromatic heterocycles. The molecule has 0 fully saturated rings. The van der Waals surface area contributed by atoms with Crippen molar-refractivity contribution >= 4 is 24.0 Å². The van der Waals surface area contributed by atoms with E-state index in [9.17, 15) is 0 Å². The van der Waals surface area contributed by atoms with E-state index in [-0.39, 0.29) is 15.0 Å². The van der Waals surface area contributed by atoms with Gasteiger partial charge in [-0.2, -0.15) is 0 Å². The van der Waals surface area contributed by atoms with Gasteiger partial charge in [-0.1, -0.05) is 0 Å². The number of nitrogens with zero attached hydrogens (tertiary/aromatic N) is 3. The van der Waals surface area contributed by atoms with E-state index >= 15 is 0 Å². The maximum absolute atomic E-state index is 4.52. The van der Waals surface area contributed by atoms with Crippen LogP contribution in [0, 0.1) is 6.92 Å². The van der Waals surface area contributed by atoms with Crippen molar-refractivity contribution in [2.75, 3.05) is 0 Å². The molecule has 0 saturated carbocycles. The molecule has 4 heteroatoms. The summed E-state index contributed by atoms with van der Waals surface area (Å²) in [4.78, 5) is 0. The van der Waals surface area contributed by atoms with E-state index in [0.29, 0.717) is 0 Å². The second-order valence-electron chi connectivity index (χ2n) is 6.17. The number of aromatic nitrogens is 3. The van der Waals surface area contributed by atoms with Crippen LogP contribution >= 0.6 is 0 Å². The molecule has 0 aliphatic carbocycles. The molecule has 128 valence electrons. The van der Waals surface area contributed by atoms with Gasteiger partial charge in [-0.05, 0) is 0 Å². The van der Waals surface area contributed by atoms with Gasteiger partial charge < -0.3 is 0 Å². The van der Waals surface area contributed by atoms with Crippen LogP contribution < -0.4 is 9.05 Å². The number of hydrogen-bond donors (Lipinski definition) is 0. The number of benzene rings is 3. The predicted molar refractivity (Wildman–Crippen MR) is 107 cm³/mol. The fraction of sp³-hybridized carbons (Fsp3) is 0.0909. The Morgan fingerprint density at radius 3 is 2.15 bits per heavy atom. The summed E-state index contributed by atoms with van der Waals surface area (Å²) in [5.41, 5.74) is 4.62. The second-order valence-corrected chi connectivity index (χ2v) is 8.40. The van der Waals surface area contributed by atoms with Gasteiger partial charge in [-0.25, -0.2) is 0 Å². The summed E-state index contributed by atoms with van der Waals surface area (Å²) in [5, 5.41) is 9.01. The Morgan fingerprint density at radius 1 is 0.808 bits per heavy atom. The van der Waals surface area contributed by atoms with E-state index in [1.54, 1.807) is 0 Å². The molecule has 0 bridgehead atoms. The Bertz CT molecular complexity index is 977. The molecule has 3 aromatic carbocycles. The van der Waals surface area contributed by atoms with Crippen LogP contribution in [0.1, 0.15) is 11.1 Å². The van der Waals surface area contributed by atoms with Crippen LogP contribution in [-0.2, 0) is 6.54 Å². The minimum atomic E-state index is 0.136. The Hall–Kier alpha value is -2.68. The summed E-state index contributed by atoms with van der Waals surface area (Å²) >= 11 is 0.136. The fourth-order valence-electron chi connectivity index (χ4n) is 2.76. The third-order valence-electron chi connectivity index (χ3n) is 4.15. The van der Waals surface area contributed by atoms with E-state index in [1.165, 1.54) is 20.2 Å². The number of hydrogen-bond acceptors (Lipinski definition) is 2. The van der Waals surface area contributed by atoms with Crippen LogP contribution in [0.3, 0.4) is 0 Å². The predicted octanol–water partition coefficient (Wildman–Crippen LogP) is 2.96. The summed E-state index contributed by atoms with van der Waals surface area (Å²) in [6, 6.07) is 29.5. The fourth-order valence-corrected chi connectivity index (χ4v) is 4.77. The Morgan fingerprint density at radius 2 is 1.46 bits per heavy atom. The van der Waals surface area contributed by atoms with Crippen LogP contribution in [0.15, 0.2) is 84.9 Å². The summed E-state index contributed by atoms with van der Waals surface area (Å²) in [6.45, 7) is 2.86. The van der Waals surface area contributed by atoms with Crippen molar-refractivity contribution in [3.63, 3.8) is 0 Å². The Balaban J connectivity index is 1.74. The van der Waals surface area contributed by atoms with Crippen molar-refractivity contribution in [2.45, 2.75) is 13.5 Å². The molecule has 0 aliphatic heterocycles. The summed E-state index contributed by atoms with van der Waals surface area (Å²) in [5.74, 6) is 0. The van der Waals surface area contributed by atoms with Crippen molar-refractivity contribution in [2.24, 2.45) is 0 Å². The van der Waals surface area contributed by atoms with Crippen LogP contribution in [0.4, 0.5) is 0 Å². The molecular formula is C22H19N3Se. The van der Waals surface area contributed by atoms with Crippen molar-refractivity contribution in [1.29, 1.82) is 0 Å². The molecule has 1 heterocycles. The number of aryl methyl sites for hydroxylation is 1. The Kier molecular flexibility index (Phi) is 4.96. The molecule has 0 amide bonds. The first-order chi connectivity index (χ1) is 12.8. The first-order valence-electron chi connectivity index (χ1n) is 8.57. The molecule has 0 N–H and O–H groups in total. The Labute approximate surface area is 159 Å². The molecule has 4 aromatic rings. The molecule has 0 saturated heterocycles. The zero-order valence-electron chi connectivity index (χ0n) is 14.5. The summed E-state index contributed by atoms with van der Waals surface area (Å²) in [6.07, 6.45) is 0. The minimum absolute atomic E-state index is 0.136. The first-order valence-corrected chi connectivity index (χ1v) is 10.3. The van der Waals surface area contributed by atoms with Gasteiger partial charge in [0.25, 0.3) is 0 Å². The van der Waals surface area contributed by atoms with Crippen molar-refractivity contribution < 1.29 is 0 Å². The molecule has 0 spiro atoms. The normalized spacial score (nSPS) is 10.8. The third-order valence-corrected chi connectivity index (χ3v) is 6.47. The molecule has 0 unspecified atom stereocenters. The van der Waals surface area contributed by atoms with Gasteiger partial charge in [0.2, 0.25) is 0 Å². The summed E-state index contributed by atoms with van der Waals surface area (Å²) in [7, 11) is 0. The standard InChI is InChI=1S/C22H19N3Se/c1-17-12-14-20(15-13-17)26-22-21(19-10-6-3-7-11-19)23-24-25(22)16-18-8-4-2-5-9-18/h2-15H,16H2,1H3. The first kappa shape index (κ1) is 16.8. The SMILES string of the molecule is Cc1ccc([Se]c2c(-c3ccccc3)nnn2Cc2ccccc2)cc1. The van der Waals surface area contributed by atoms with Crippen LogP contribution in [-0.4, -0.2) is 30.0 Å². The van der Waals surface area contributed by atoms with Crippen LogP contribution in [0.5, 0.6) is 0 Å². The molecule has 0 atom stereocenters. The average molecular weight is 404 g/mol. The zero-order chi connectivity index (χ0) is 17.8. The quantitative estimate of drug-likeness (QED) is 0.479. The molecule has 0 radical (unpaired) electrons. The van der Waals surface area contributed by atoms with Crippen molar-refractivity contribution in [1.82, 2.24) is 15.0 Å². The molecule has 4 rings (SSSR count). The maximum atomic E-state index is 4.52. The second kappa shape index (κ2) is 7.69. The molecule has 3 nitrogen and oxygen atoms in total. The zero-order valence-corrected chi connectivity index (χ0v) is 16.3. The van der Waals surface area contributed by atoms with Crippen molar-refractivity contribution in [3.05, 3.63) is 96.1 Å². The van der Waals surface area contributed by atoms with E-state index in [2.05, 4.69) is 82.6 Å². The topological polar surface area (TPSA) is 30.7 Å². The summed E-state index contributed by atoms with van der Waals surface area (Å²) < 4.78 is 4.59. The number of rotatable bonds is 5. The monoisotopic (exact) mass is 405 g/mol. The molecule has 0 aliphatic rings. The van der Waals surface area contributed by atoms with Crippen molar-refractivity contribution in [3.8, 4) is 11.3 Å². The van der Waals surface area contributed by atoms with E-state index in [1.807, 2.05) is 24.3 Å². The van der Waals surface area contributed by atoms with Gasteiger partial charge in [0.15, 0.2) is 0 Å². The average Bonchev–Trinajstić information content (AvgIpc) is 3.07. The van der Waals surface area contributed by atoms with Gasteiger partial charge in [0.05, 0.1) is 0 Å². The van der Waals surface area contributed by atoms with Gasteiger partial charge in [-0.3, -0.25) is 0 Å². The van der Waals surface area contributed by atoms with Gasteiger partial charge in [0, 0.05) is 0 Å². The third kappa shape index (κ3) is 3.77. The van der Waals surface area contributed by atoms with Crippen LogP contribution in [0.2, 0.25) is 0 Å². The van der Waals surface area contributed by atoms with E-state index in [0.717, 1.165) is 17.8 Å². The van der Waals surface area contributed by atoms with Gasteiger partial charge in [0.1, 0.15) is 0 Å².